The first-order valence-corrected chi connectivity index (χ1v) is 8.71. The summed E-state index contributed by atoms with van der Waals surface area (Å²) < 4.78 is 31.6. The minimum absolute atomic E-state index is 0.236. The lowest BCUT2D eigenvalue weighted by atomic mass is 10.1. The number of aromatic nitrogens is 2. The monoisotopic (exact) mass is 371 g/mol. The van der Waals surface area contributed by atoms with E-state index in [1.54, 1.807) is 30.3 Å². The highest BCUT2D eigenvalue weighted by molar-refractivity contribution is 5.81. The first-order valence-electron chi connectivity index (χ1n) is 8.71. The van der Waals surface area contributed by atoms with Gasteiger partial charge in [-0.3, -0.25) is 0 Å². The molecule has 4 heterocycles. The predicted molar refractivity (Wildman–Crippen MR) is 95.8 cm³/mol. The number of pyridine rings is 1. The summed E-state index contributed by atoms with van der Waals surface area (Å²) in [5.74, 6) is 0.0118. The van der Waals surface area contributed by atoms with Crippen LogP contribution in [0.25, 0.3) is 22.3 Å². The summed E-state index contributed by atoms with van der Waals surface area (Å²) in [7, 11) is 0. The second-order valence-electron chi connectivity index (χ2n) is 6.83. The zero-order valence-electron chi connectivity index (χ0n) is 14.3. The highest BCUT2D eigenvalue weighted by Crippen LogP contribution is 2.32. The van der Waals surface area contributed by atoms with Crippen LogP contribution in [0.4, 0.5) is 10.1 Å². The SMILES string of the molecule is Nc1ccc(-c2nc3cc(OC4COC5C(O)CO[C@H]45)[nH]c3cc2F)cc1. The Labute approximate surface area is 153 Å². The fourth-order valence-corrected chi connectivity index (χ4v) is 3.62. The zero-order valence-corrected chi connectivity index (χ0v) is 14.3. The van der Waals surface area contributed by atoms with Crippen molar-refractivity contribution in [1.29, 1.82) is 0 Å². The van der Waals surface area contributed by atoms with Crippen LogP contribution in [0, 0.1) is 5.82 Å². The van der Waals surface area contributed by atoms with Gasteiger partial charge in [0.15, 0.2) is 17.8 Å². The van der Waals surface area contributed by atoms with Gasteiger partial charge in [-0.2, -0.15) is 0 Å². The molecule has 3 aromatic rings. The van der Waals surface area contributed by atoms with E-state index in [-0.39, 0.29) is 30.6 Å². The average molecular weight is 371 g/mol. The Hall–Kier alpha value is -2.68. The van der Waals surface area contributed by atoms with E-state index >= 15 is 0 Å². The van der Waals surface area contributed by atoms with E-state index in [0.29, 0.717) is 34.8 Å². The number of nitrogens with one attached hydrogen (secondary N) is 1. The maximum absolute atomic E-state index is 14.5. The van der Waals surface area contributed by atoms with Crippen LogP contribution in [0.1, 0.15) is 0 Å². The van der Waals surface area contributed by atoms with Gasteiger partial charge in [-0.15, -0.1) is 0 Å². The Kier molecular flexibility index (Phi) is 3.78. The van der Waals surface area contributed by atoms with E-state index in [1.807, 2.05) is 0 Å². The molecule has 0 saturated carbocycles. The van der Waals surface area contributed by atoms with Gasteiger partial charge in [0, 0.05) is 23.4 Å². The number of benzene rings is 1. The lowest BCUT2D eigenvalue weighted by Gasteiger charge is -2.16. The molecule has 2 aromatic heterocycles. The number of nitrogens with two attached hydrogens (primary N) is 1. The van der Waals surface area contributed by atoms with Gasteiger partial charge < -0.3 is 30.0 Å². The van der Waals surface area contributed by atoms with E-state index in [4.69, 9.17) is 19.9 Å². The van der Waals surface area contributed by atoms with Gasteiger partial charge >= 0.3 is 0 Å². The lowest BCUT2D eigenvalue weighted by Crippen LogP contribution is -2.34. The molecule has 2 aliphatic rings. The van der Waals surface area contributed by atoms with Gasteiger partial charge in [-0.05, 0) is 12.1 Å². The highest BCUT2D eigenvalue weighted by atomic mass is 19.1. The molecule has 4 N–H and O–H groups in total. The summed E-state index contributed by atoms with van der Waals surface area (Å²) in [5, 5.41) is 9.81. The molecule has 8 heteroatoms. The van der Waals surface area contributed by atoms with Crippen molar-refractivity contribution in [2.75, 3.05) is 18.9 Å². The summed E-state index contributed by atoms with van der Waals surface area (Å²) in [6.45, 7) is 0.555. The Bertz CT molecular complexity index is 991. The molecule has 7 nitrogen and oxygen atoms in total. The molecule has 0 aliphatic carbocycles. The van der Waals surface area contributed by atoms with Crippen molar-refractivity contribution in [3.8, 4) is 17.1 Å². The number of fused-ring (bicyclic) bond motifs is 2. The molecule has 3 unspecified atom stereocenters. The van der Waals surface area contributed by atoms with Crippen molar-refractivity contribution in [3.63, 3.8) is 0 Å². The number of anilines is 1. The Morgan fingerprint density at radius 3 is 2.74 bits per heavy atom. The van der Waals surface area contributed by atoms with Gasteiger partial charge in [0.05, 0.1) is 24.2 Å². The fourth-order valence-electron chi connectivity index (χ4n) is 3.62. The Morgan fingerprint density at radius 2 is 1.93 bits per heavy atom. The third-order valence-corrected chi connectivity index (χ3v) is 4.98. The largest absolute Gasteiger partial charge is 0.470 e. The number of halogens is 1. The predicted octanol–water partition coefficient (Wildman–Crippen LogP) is 1.86. The molecule has 2 saturated heterocycles. The number of aromatic amines is 1. The van der Waals surface area contributed by atoms with Crippen LogP contribution in [0.15, 0.2) is 36.4 Å². The number of aliphatic hydroxyl groups excluding tert-OH is 1. The molecule has 0 bridgehead atoms. The van der Waals surface area contributed by atoms with Gasteiger partial charge in [-0.1, -0.05) is 12.1 Å². The van der Waals surface area contributed by atoms with Crippen molar-refractivity contribution in [2.24, 2.45) is 0 Å². The standard InChI is InChI=1S/C19H18FN3O4/c20-11-5-12-13(23-17(11)9-1-3-10(21)4-2-9)6-16(22-12)27-15-8-26-18-14(24)7-25-19(15)18/h1-6,14-15,18-19,22,24H,7-8,21H2/t14?,15?,18?,19-/m1/s1. The molecule has 27 heavy (non-hydrogen) atoms. The second kappa shape index (κ2) is 6.19. The van der Waals surface area contributed by atoms with Crippen LogP contribution in [-0.2, 0) is 9.47 Å². The van der Waals surface area contributed by atoms with Gasteiger partial charge in [0.1, 0.15) is 24.0 Å². The number of hydrogen-bond donors (Lipinski definition) is 3. The van der Waals surface area contributed by atoms with Crippen LogP contribution >= 0.6 is 0 Å². The molecular formula is C19H18FN3O4. The molecule has 0 spiro atoms. The maximum atomic E-state index is 14.5. The summed E-state index contributed by atoms with van der Waals surface area (Å²) in [6.07, 6.45) is -1.67. The quantitative estimate of drug-likeness (QED) is 0.608. The number of nitrogen functional groups attached to an aromatic ring is 1. The molecule has 0 amide bonds. The number of aliphatic hydroxyl groups is 1. The Morgan fingerprint density at radius 1 is 1.15 bits per heavy atom. The molecular weight excluding hydrogens is 353 g/mol. The third kappa shape index (κ3) is 2.82. The number of hydrogen-bond acceptors (Lipinski definition) is 6. The molecule has 2 aliphatic heterocycles. The third-order valence-electron chi connectivity index (χ3n) is 4.98. The first-order chi connectivity index (χ1) is 13.1. The molecule has 5 rings (SSSR count). The van der Waals surface area contributed by atoms with Crippen LogP contribution in [0.5, 0.6) is 5.88 Å². The van der Waals surface area contributed by atoms with E-state index in [0.717, 1.165) is 0 Å². The van der Waals surface area contributed by atoms with Crippen LogP contribution in [0.2, 0.25) is 0 Å². The highest BCUT2D eigenvalue weighted by Gasteiger charge is 2.48. The minimum Gasteiger partial charge on any atom is -0.470 e. The molecule has 0 radical (unpaired) electrons. The average Bonchev–Trinajstić information content (AvgIpc) is 3.33. The van der Waals surface area contributed by atoms with E-state index in [9.17, 15) is 9.50 Å². The number of H-pyrrole nitrogens is 1. The van der Waals surface area contributed by atoms with Crippen molar-refractivity contribution < 1.29 is 23.7 Å². The molecule has 140 valence electrons. The topological polar surface area (TPSA) is 103 Å². The summed E-state index contributed by atoms with van der Waals surface area (Å²) in [4.78, 5) is 7.44. The van der Waals surface area contributed by atoms with E-state index < -0.39 is 11.9 Å². The number of nitrogens with zero attached hydrogens (tertiary/aromatic N) is 1. The van der Waals surface area contributed by atoms with Crippen LogP contribution in [-0.4, -0.2) is 52.7 Å². The zero-order chi connectivity index (χ0) is 18.5. The van der Waals surface area contributed by atoms with Crippen molar-refractivity contribution in [1.82, 2.24) is 9.97 Å². The fraction of sp³-hybridized carbons (Fsp3) is 0.316. The van der Waals surface area contributed by atoms with Gasteiger partial charge in [0.2, 0.25) is 0 Å². The van der Waals surface area contributed by atoms with E-state index in [1.165, 1.54) is 6.07 Å². The Balaban J connectivity index is 1.43. The van der Waals surface area contributed by atoms with E-state index in [2.05, 4.69) is 9.97 Å². The summed E-state index contributed by atoms with van der Waals surface area (Å²) in [5.41, 5.74) is 8.31. The van der Waals surface area contributed by atoms with Crippen LogP contribution in [0.3, 0.4) is 0 Å². The van der Waals surface area contributed by atoms with Crippen molar-refractivity contribution in [3.05, 3.63) is 42.2 Å². The smallest absolute Gasteiger partial charge is 0.193 e. The molecule has 4 atom stereocenters. The maximum Gasteiger partial charge on any atom is 0.193 e. The summed E-state index contributed by atoms with van der Waals surface area (Å²) >= 11 is 0. The second-order valence-corrected chi connectivity index (χ2v) is 6.83. The molecule has 2 fully saturated rings. The van der Waals surface area contributed by atoms with Crippen molar-refractivity contribution >= 4 is 16.7 Å². The van der Waals surface area contributed by atoms with Gasteiger partial charge in [-0.25, -0.2) is 9.37 Å². The van der Waals surface area contributed by atoms with Gasteiger partial charge in [0.25, 0.3) is 0 Å². The van der Waals surface area contributed by atoms with Crippen LogP contribution < -0.4 is 10.5 Å². The summed E-state index contributed by atoms with van der Waals surface area (Å²) in [6, 6.07) is 9.99. The number of ether oxygens (including phenoxy) is 3. The van der Waals surface area contributed by atoms with Crippen molar-refractivity contribution in [2.45, 2.75) is 24.4 Å². The molecule has 1 aromatic carbocycles. The normalized spacial score (nSPS) is 27.2. The number of rotatable bonds is 3. The minimum atomic E-state index is -0.635. The first kappa shape index (κ1) is 16.5. The lowest BCUT2D eigenvalue weighted by molar-refractivity contribution is 0.00794.